The van der Waals surface area contributed by atoms with E-state index in [9.17, 15) is 4.79 Å². The van der Waals surface area contributed by atoms with E-state index in [0.29, 0.717) is 6.42 Å². The summed E-state index contributed by atoms with van der Waals surface area (Å²) in [7, 11) is 0. The van der Waals surface area contributed by atoms with Gasteiger partial charge in [0.25, 0.3) is 0 Å². The third kappa shape index (κ3) is 2.35. The molecule has 0 saturated carbocycles. The fourth-order valence-electron chi connectivity index (χ4n) is 0.979. The molecule has 1 rings (SSSR count). The highest BCUT2D eigenvalue weighted by Gasteiger charge is 1.97. The molecule has 0 aromatic heterocycles. The molecule has 0 bridgehead atoms. The van der Waals surface area contributed by atoms with E-state index in [0.717, 1.165) is 5.56 Å². The zero-order valence-electron chi connectivity index (χ0n) is 7.21. The fraction of sp³-hybridized carbons (Fsp3) is 0.182. The van der Waals surface area contributed by atoms with Crippen molar-refractivity contribution in [1.29, 1.82) is 0 Å². The summed E-state index contributed by atoms with van der Waals surface area (Å²) in [6.45, 7) is 5.45. The summed E-state index contributed by atoms with van der Waals surface area (Å²) in [4.78, 5) is 10.9. The van der Waals surface area contributed by atoms with E-state index >= 15 is 0 Å². The molecule has 1 heteroatoms. The minimum Gasteiger partial charge on any atom is -0.295 e. The maximum atomic E-state index is 10.9. The first kappa shape index (κ1) is 8.72. The number of benzene rings is 1. The van der Waals surface area contributed by atoms with E-state index in [-0.39, 0.29) is 5.78 Å². The Morgan fingerprint density at radius 2 is 2.00 bits per heavy atom. The van der Waals surface area contributed by atoms with Gasteiger partial charge in [-0.3, -0.25) is 4.79 Å². The third-order valence-electron chi connectivity index (χ3n) is 1.73. The van der Waals surface area contributed by atoms with Crippen LogP contribution in [0.4, 0.5) is 0 Å². The van der Waals surface area contributed by atoms with Crippen molar-refractivity contribution in [2.24, 2.45) is 0 Å². The van der Waals surface area contributed by atoms with Crippen LogP contribution in [0.1, 0.15) is 11.1 Å². The van der Waals surface area contributed by atoms with Crippen LogP contribution in [0.5, 0.6) is 0 Å². The Kier molecular flexibility index (Phi) is 2.81. The van der Waals surface area contributed by atoms with Crippen LogP contribution >= 0.6 is 0 Å². The summed E-state index contributed by atoms with van der Waals surface area (Å²) in [5.41, 5.74) is 2.26. The SMILES string of the molecule is C=CC(=O)Cc1ccc(C)cc1. The maximum Gasteiger partial charge on any atom is 0.159 e. The van der Waals surface area contributed by atoms with Crippen molar-refractivity contribution >= 4 is 5.78 Å². The smallest absolute Gasteiger partial charge is 0.159 e. The fourth-order valence-corrected chi connectivity index (χ4v) is 0.979. The van der Waals surface area contributed by atoms with Crippen molar-refractivity contribution in [3.05, 3.63) is 48.0 Å². The highest BCUT2D eigenvalue weighted by Crippen LogP contribution is 2.04. The van der Waals surface area contributed by atoms with Gasteiger partial charge in [-0.2, -0.15) is 0 Å². The number of rotatable bonds is 3. The molecule has 0 aliphatic rings. The average molecular weight is 160 g/mol. The van der Waals surface area contributed by atoms with Crippen LogP contribution in [0.15, 0.2) is 36.9 Å². The Bertz CT molecular complexity index is 282. The maximum absolute atomic E-state index is 10.9. The average Bonchev–Trinajstić information content (AvgIpc) is 2.09. The first-order valence-corrected chi connectivity index (χ1v) is 3.93. The summed E-state index contributed by atoms with van der Waals surface area (Å²) in [5.74, 6) is 0.0684. The molecule has 1 aromatic rings. The molecule has 0 N–H and O–H groups in total. The van der Waals surface area contributed by atoms with Crippen molar-refractivity contribution < 1.29 is 4.79 Å². The molecule has 62 valence electrons. The van der Waals surface area contributed by atoms with Crippen molar-refractivity contribution in [3.8, 4) is 0 Å². The van der Waals surface area contributed by atoms with Gasteiger partial charge in [0.2, 0.25) is 0 Å². The second-order valence-corrected chi connectivity index (χ2v) is 2.83. The molecule has 0 atom stereocenters. The zero-order chi connectivity index (χ0) is 8.97. The number of carbonyl (C=O) groups is 1. The predicted octanol–water partition coefficient (Wildman–Crippen LogP) is 2.29. The molecule has 12 heavy (non-hydrogen) atoms. The van der Waals surface area contributed by atoms with Crippen molar-refractivity contribution in [3.63, 3.8) is 0 Å². The minimum atomic E-state index is 0.0684. The first-order valence-electron chi connectivity index (χ1n) is 3.93. The first-order chi connectivity index (χ1) is 5.72. The lowest BCUT2D eigenvalue weighted by atomic mass is 10.1. The second kappa shape index (κ2) is 3.86. The Morgan fingerprint density at radius 3 is 2.50 bits per heavy atom. The molecule has 0 aliphatic heterocycles. The summed E-state index contributed by atoms with van der Waals surface area (Å²) < 4.78 is 0. The summed E-state index contributed by atoms with van der Waals surface area (Å²) in [6, 6.07) is 7.95. The molecule has 0 radical (unpaired) electrons. The van der Waals surface area contributed by atoms with Gasteiger partial charge in [-0.05, 0) is 18.6 Å². The number of allylic oxidation sites excluding steroid dienone is 1. The van der Waals surface area contributed by atoms with E-state index < -0.39 is 0 Å². The topological polar surface area (TPSA) is 17.1 Å². The van der Waals surface area contributed by atoms with Crippen LogP contribution in [0.2, 0.25) is 0 Å². The minimum absolute atomic E-state index is 0.0684. The van der Waals surface area contributed by atoms with Crippen LogP contribution in [0.3, 0.4) is 0 Å². The Labute approximate surface area is 72.7 Å². The lowest BCUT2D eigenvalue weighted by Crippen LogP contribution is -1.97. The molecular formula is C11H12O. The highest BCUT2D eigenvalue weighted by molar-refractivity contribution is 5.90. The van der Waals surface area contributed by atoms with E-state index in [1.54, 1.807) is 0 Å². The van der Waals surface area contributed by atoms with Gasteiger partial charge in [0.15, 0.2) is 5.78 Å². The van der Waals surface area contributed by atoms with Crippen LogP contribution in [-0.2, 0) is 11.2 Å². The summed E-state index contributed by atoms with van der Waals surface area (Å²) >= 11 is 0. The van der Waals surface area contributed by atoms with Crippen LogP contribution in [0, 0.1) is 6.92 Å². The Balaban J connectivity index is 2.71. The van der Waals surface area contributed by atoms with Gasteiger partial charge < -0.3 is 0 Å². The predicted molar refractivity (Wildman–Crippen MR) is 50.1 cm³/mol. The van der Waals surface area contributed by atoms with Gasteiger partial charge in [0.1, 0.15) is 0 Å². The summed E-state index contributed by atoms with van der Waals surface area (Å²) in [5, 5.41) is 0. The molecular weight excluding hydrogens is 148 g/mol. The number of aryl methyl sites for hydroxylation is 1. The zero-order valence-corrected chi connectivity index (χ0v) is 7.21. The van der Waals surface area contributed by atoms with Gasteiger partial charge in [0, 0.05) is 6.42 Å². The van der Waals surface area contributed by atoms with Crippen molar-refractivity contribution in [2.45, 2.75) is 13.3 Å². The molecule has 0 aliphatic carbocycles. The molecule has 0 fully saturated rings. The molecule has 1 aromatic carbocycles. The van der Waals surface area contributed by atoms with Crippen molar-refractivity contribution in [1.82, 2.24) is 0 Å². The van der Waals surface area contributed by atoms with E-state index in [2.05, 4.69) is 6.58 Å². The monoisotopic (exact) mass is 160 g/mol. The summed E-state index contributed by atoms with van der Waals surface area (Å²) in [6.07, 6.45) is 1.82. The number of carbonyl (C=O) groups excluding carboxylic acids is 1. The number of ketones is 1. The van der Waals surface area contributed by atoms with Gasteiger partial charge in [-0.25, -0.2) is 0 Å². The quantitative estimate of drug-likeness (QED) is 0.620. The van der Waals surface area contributed by atoms with Crippen LogP contribution in [-0.4, -0.2) is 5.78 Å². The molecule has 0 unspecified atom stereocenters. The van der Waals surface area contributed by atoms with Gasteiger partial charge >= 0.3 is 0 Å². The van der Waals surface area contributed by atoms with Crippen molar-refractivity contribution in [2.75, 3.05) is 0 Å². The molecule has 0 amide bonds. The molecule has 0 saturated heterocycles. The standard InChI is InChI=1S/C11H12O/c1-3-11(12)8-10-6-4-9(2)5-7-10/h3-7H,1,8H2,2H3. The van der Waals surface area contributed by atoms with Gasteiger partial charge in [-0.15, -0.1) is 0 Å². The molecule has 1 nitrogen and oxygen atoms in total. The van der Waals surface area contributed by atoms with Crippen LogP contribution < -0.4 is 0 Å². The molecule has 0 heterocycles. The third-order valence-corrected chi connectivity index (χ3v) is 1.73. The second-order valence-electron chi connectivity index (χ2n) is 2.83. The lowest BCUT2D eigenvalue weighted by molar-refractivity contribution is -0.114. The molecule has 0 spiro atoms. The van der Waals surface area contributed by atoms with Gasteiger partial charge in [0.05, 0.1) is 0 Å². The highest BCUT2D eigenvalue weighted by atomic mass is 16.1. The van der Waals surface area contributed by atoms with E-state index in [1.807, 2.05) is 31.2 Å². The van der Waals surface area contributed by atoms with Crippen LogP contribution in [0.25, 0.3) is 0 Å². The lowest BCUT2D eigenvalue weighted by Gasteiger charge is -1.97. The normalized spacial score (nSPS) is 9.42. The van der Waals surface area contributed by atoms with E-state index in [1.165, 1.54) is 11.6 Å². The van der Waals surface area contributed by atoms with Gasteiger partial charge in [-0.1, -0.05) is 36.4 Å². The Morgan fingerprint density at radius 1 is 1.42 bits per heavy atom. The number of hydrogen-bond acceptors (Lipinski definition) is 1. The number of hydrogen-bond donors (Lipinski definition) is 0. The van der Waals surface area contributed by atoms with E-state index in [4.69, 9.17) is 0 Å². The Hall–Kier alpha value is -1.37. The largest absolute Gasteiger partial charge is 0.295 e.